The number of rotatable bonds is 4. The van der Waals surface area contributed by atoms with Crippen LogP contribution in [-0.2, 0) is 19.1 Å². The number of ketones is 2. The number of aliphatic hydroxyl groups excluding tert-OH is 6. The SMILES string of the molecule is CC1C(=O)CC2(C)CC(O)C3(C)C(=CC(=O)C4C5(C)CCC(O)C(C)(COC6OC(CO)C(O)C(O)C6O)C5CCC43C)C2C1C. The molecule has 260 valence electrons. The van der Waals surface area contributed by atoms with E-state index in [0.29, 0.717) is 38.5 Å². The second-order valence-corrected chi connectivity index (χ2v) is 17.4. The Morgan fingerprint density at radius 1 is 0.913 bits per heavy atom. The summed E-state index contributed by atoms with van der Waals surface area (Å²) in [6.07, 6.45) is -3.36. The van der Waals surface area contributed by atoms with Gasteiger partial charge in [0.15, 0.2) is 12.1 Å². The summed E-state index contributed by atoms with van der Waals surface area (Å²) in [6.45, 7) is 14.1. The van der Waals surface area contributed by atoms with Gasteiger partial charge in [0.05, 0.1) is 25.4 Å². The minimum Gasteiger partial charge on any atom is -0.394 e. The average molecular weight is 649 g/mol. The third kappa shape index (κ3) is 4.43. The number of aliphatic hydroxyl groups is 6. The summed E-state index contributed by atoms with van der Waals surface area (Å²) in [5.41, 5.74) is -2.01. The third-order valence-corrected chi connectivity index (χ3v) is 15.1. The number of ether oxygens (including phenoxy) is 2. The first-order chi connectivity index (χ1) is 21.3. The molecule has 0 bridgehead atoms. The first-order valence-electron chi connectivity index (χ1n) is 17.4. The third-order valence-electron chi connectivity index (χ3n) is 15.1. The highest BCUT2D eigenvalue weighted by Crippen LogP contribution is 2.75. The Labute approximate surface area is 272 Å². The number of fused-ring (bicyclic) bond motifs is 7. The zero-order valence-corrected chi connectivity index (χ0v) is 28.5. The molecule has 1 saturated heterocycles. The standard InChI is InChI=1S/C36H56O10/c1-17-18(2)26-19-12-20(38)30-33(4)10-9-24(40)34(5,16-45-31-29(44)28(43)27(42)22(15-37)46-31)23(33)8-11-35(30,6)36(19,7)25(41)14-32(26,3)13-21(17)39/h12,17-18,22-31,37,40-44H,8-11,13-16H2,1-7H3. The molecule has 6 aliphatic rings. The van der Waals surface area contributed by atoms with Crippen molar-refractivity contribution in [1.82, 2.24) is 0 Å². The van der Waals surface area contributed by atoms with Crippen molar-refractivity contribution in [2.24, 2.45) is 56.7 Å². The van der Waals surface area contributed by atoms with Crippen molar-refractivity contribution in [2.75, 3.05) is 13.2 Å². The summed E-state index contributed by atoms with van der Waals surface area (Å²) < 4.78 is 11.7. The Hall–Kier alpha value is -1.24. The molecule has 0 aromatic rings. The zero-order valence-electron chi connectivity index (χ0n) is 28.5. The average Bonchev–Trinajstić information content (AvgIpc) is 2.98. The number of carbonyl (C=O) groups excluding carboxylic acids is 2. The molecule has 0 amide bonds. The fourth-order valence-corrected chi connectivity index (χ4v) is 12.2. The minimum atomic E-state index is -1.57. The first-order valence-corrected chi connectivity index (χ1v) is 17.4. The molecule has 17 unspecified atom stereocenters. The zero-order chi connectivity index (χ0) is 33.9. The van der Waals surface area contributed by atoms with Gasteiger partial charge in [0, 0.05) is 29.1 Å². The Balaban J connectivity index is 1.35. The molecular formula is C36H56O10. The lowest BCUT2D eigenvalue weighted by atomic mass is 9.32. The van der Waals surface area contributed by atoms with Gasteiger partial charge in [0.25, 0.3) is 0 Å². The Morgan fingerprint density at radius 3 is 2.24 bits per heavy atom. The molecule has 1 aliphatic heterocycles. The number of carbonyl (C=O) groups is 2. The van der Waals surface area contributed by atoms with Crippen molar-refractivity contribution < 1.29 is 49.7 Å². The Morgan fingerprint density at radius 2 is 1.59 bits per heavy atom. The van der Waals surface area contributed by atoms with Gasteiger partial charge >= 0.3 is 0 Å². The second kappa shape index (κ2) is 11.1. The quantitative estimate of drug-likeness (QED) is 0.265. The molecule has 0 aromatic heterocycles. The molecule has 10 heteroatoms. The van der Waals surface area contributed by atoms with Gasteiger partial charge in [-0.2, -0.15) is 0 Å². The van der Waals surface area contributed by atoms with Gasteiger partial charge in [-0.1, -0.05) is 54.0 Å². The van der Waals surface area contributed by atoms with Crippen LogP contribution in [0.4, 0.5) is 0 Å². The van der Waals surface area contributed by atoms with Gasteiger partial charge in [0.2, 0.25) is 0 Å². The summed E-state index contributed by atoms with van der Waals surface area (Å²) in [6, 6.07) is 0. The lowest BCUT2D eigenvalue weighted by Crippen LogP contribution is -2.70. The highest BCUT2D eigenvalue weighted by Gasteiger charge is 2.73. The van der Waals surface area contributed by atoms with E-state index in [-0.39, 0.29) is 41.8 Å². The van der Waals surface area contributed by atoms with Crippen LogP contribution >= 0.6 is 0 Å². The fraction of sp³-hybridized carbons (Fsp3) is 0.889. The predicted molar refractivity (Wildman–Crippen MR) is 167 cm³/mol. The molecule has 0 aromatic carbocycles. The largest absolute Gasteiger partial charge is 0.394 e. The maximum absolute atomic E-state index is 14.7. The molecule has 5 aliphatic carbocycles. The van der Waals surface area contributed by atoms with Crippen molar-refractivity contribution in [1.29, 1.82) is 0 Å². The van der Waals surface area contributed by atoms with E-state index in [1.54, 1.807) is 0 Å². The van der Waals surface area contributed by atoms with E-state index in [4.69, 9.17) is 9.47 Å². The highest BCUT2D eigenvalue weighted by atomic mass is 16.7. The van der Waals surface area contributed by atoms with Crippen molar-refractivity contribution in [2.45, 2.75) is 130 Å². The number of hydrogen-bond donors (Lipinski definition) is 6. The van der Waals surface area contributed by atoms with Crippen LogP contribution in [0, 0.1) is 56.7 Å². The van der Waals surface area contributed by atoms with Crippen molar-refractivity contribution >= 4 is 11.6 Å². The van der Waals surface area contributed by atoms with Crippen LogP contribution in [0.2, 0.25) is 0 Å². The van der Waals surface area contributed by atoms with Gasteiger partial charge in [-0.3, -0.25) is 9.59 Å². The number of allylic oxidation sites excluding steroid dienone is 1. The van der Waals surface area contributed by atoms with E-state index in [2.05, 4.69) is 34.6 Å². The van der Waals surface area contributed by atoms with Gasteiger partial charge in [-0.05, 0) is 72.2 Å². The van der Waals surface area contributed by atoms with Crippen LogP contribution in [0.3, 0.4) is 0 Å². The van der Waals surface area contributed by atoms with E-state index in [0.717, 1.165) is 5.57 Å². The topological polar surface area (TPSA) is 174 Å². The van der Waals surface area contributed by atoms with Crippen LogP contribution in [0.15, 0.2) is 11.6 Å². The predicted octanol–water partition coefficient (Wildman–Crippen LogP) is 2.15. The summed E-state index contributed by atoms with van der Waals surface area (Å²) >= 11 is 0. The molecule has 1 heterocycles. The molecular weight excluding hydrogens is 592 g/mol. The molecule has 5 fully saturated rings. The number of hydrogen-bond acceptors (Lipinski definition) is 10. The molecule has 0 radical (unpaired) electrons. The monoisotopic (exact) mass is 648 g/mol. The molecule has 46 heavy (non-hydrogen) atoms. The van der Waals surface area contributed by atoms with Crippen molar-refractivity contribution in [3.8, 4) is 0 Å². The summed E-state index contributed by atoms with van der Waals surface area (Å²) in [5.74, 6) is -0.313. The van der Waals surface area contributed by atoms with Gasteiger partial charge in [0.1, 0.15) is 30.2 Å². The normalized spacial score (nSPS) is 57.1. The van der Waals surface area contributed by atoms with Gasteiger partial charge < -0.3 is 40.1 Å². The maximum Gasteiger partial charge on any atom is 0.186 e. The van der Waals surface area contributed by atoms with E-state index >= 15 is 0 Å². The summed E-state index contributed by atoms with van der Waals surface area (Å²) in [4.78, 5) is 27.7. The van der Waals surface area contributed by atoms with E-state index in [9.17, 15) is 40.2 Å². The van der Waals surface area contributed by atoms with Crippen LogP contribution in [-0.4, -0.2) is 98.3 Å². The van der Waals surface area contributed by atoms with Crippen molar-refractivity contribution in [3.63, 3.8) is 0 Å². The van der Waals surface area contributed by atoms with Gasteiger partial charge in [-0.15, -0.1) is 0 Å². The molecule has 0 spiro atoms. The van der Waals surface area contributed by atoms with Gasteiger partial charge in [-0.25, -0.2) is 0 Å². The Bertz CT molecular complexity index is 1280. The summed E-state index contributed by atoms with van der Waals surface area (Å²) in [5, 5.41) is 64.5. The van der Waals surface area contributed by atoms with Crippen LogP contribution in [0.25, 0.3) is 0 Å². The van der Waals surface area contributed by atoms with E-state index < -0.39 is 82.5 Å². The molecule has 17 atom stereocenters. The molecule has 6 rings (SSSR count). The number of Topliss-reactive ketones (excluding diaryl/α,β-unsaturated/α-hetero) is 1. The van der Waals surface area contributed by atoms with Crippen molar-refractivity contribution in [3.05, 3.63) is 11.6 Å². The second-order valence-electron chi connectivity index (χ2n) is 17.4. The Kier molecular flexibility index (Phi) is 8.38. The first kappa shape index (κ1) is 34.6. The van der Waals surface area contributed by atoms with Crippen LogP contribution in [0.1, 0.15) is 87.0 Å². The molecule has 6 N–H and O–H groups in total. The highest BCUT2D eigenvalue weighted by molar-refractivity contribution is 5.96. The maximum atomic E-state index is 14.7. The fourth-order valence-electron chi connectivity index (χ4n) is 12.2. The summed E-state index contributed by atoms with van der Waals surface area (Å²) in [7, 11) is 0. The molecule has 4 saturated carbocycles. The van der Waals surface area contributed by atoms with Crippen LogP contribution < -0.4 is 0 Å². The van der Waals surface area contributed by atoms with E-state index in [1.165, 1.54) is 0 Å². The lowest BCUT2D eigenvalue weighted by molar-refractivity contribution is -0.315. The van der Waals surface area contributed by atoms with Crippen LogP contribution in [0.5, 0.6) is 0 Å². The smallest absolute Gasteiger partial charge is 0.186 e. The minimum absolute atomic E-state index is 0.0197. The molecule has 10 nitrogen and oxygen atoms in total. The lowest BCUT2D eigenvalue weighted by Gasteiger charge is -2.71. The van der Waals surface area contributed by atoms with E-state index in [1.807, 2.05) is 19.9 Å².